The highest BCUT2D eigenvalue weighted by atomic mass is 32.2. The minimum atomic E-state index is -2.88. The van der Waals surface area contributed by atoms with E-state index in [9.17, 15) is 13.2 Å². The quantitative estimate of drug-likeness (QED) is 0.783. The Hall–Kier alpha value is -1.60. The molecule has 7 heteroatoms. The van der Waals surface area contributed by atoms with E-state index < -0.39 is 15.7 Å². The highest BCUT2D eigenvalue weighted by molar-refractivity contribution is 7.91. The summed E-state index contributed by atoms with van der Waals surface area (Å²) in [6.45, 7) is 0.466. The van der Waals surface area contributed by atoms with E-state index in [-0.39, 0.29) is 18.4 Å². The molecule has 2 rings (SSSR count). The van der Waals surface area contributed by atoms with Crippen molar-refractivity contribution in [2.24, 2.45) is 5.73 Å². The summed E-state index contributed by atoms with van der Waals surface area (Å²) in [4.78, 5) is 10.6. The van der Waals surface area contributed by atoms with Crippen LogP contribution in [0.25, 0.3) is 0 Å². The second kappa shape index (κ2) is 6.91. The van der Waals surface area contributed by atoms with Crippen LogP contribution >= 0.6 is 0 Å². The average Bonchev–Trinajstić information content (AvgIpc) is 2.43. The van der Waals surface area contributed by atoms with Crippen molar-refractivity contribution in [2.75, 3.05) is 18.1 Å². The Morgan fingerprint density at radius 2 is 2.05 bits per heavy atom. The number of sulfone groups is 1. The number of carbonyl (C=O) groups is 1. The molecule has 1 aliphatic rings. The third-order valence-electron chi connectivity index (χ3n) is 3.36. The zero-order valence-corrected chi connectivity index (χ0v) is 12.6. The van der Waals surface area contributed by atoms with Crippen LogP contribution in [0.5, 0.6) is 5.75 Å². The van der Waals surface area contributed by atoms with Gasteiger partial charge in [-0.2, -0.15) is 0 Å². The minimum Gasteiger partial charge on any atom is -0.484 e. The first-order valence-electron chi connectivity index (χ1n) is 6.88. The van der Waals surface area contributed by atoms with E-state index in [0.717, 1.165) is 18.4 Å². The molecule has 3 N–H and O–H groups in total. The number of nitrogens with one attached hydrogen (secondary N) is 1. The fourth-order valence-corrected chi connectivity index (χ4v) is 3.97. The number of amides is 1. The molecule has 1 fully saturated rings. The Morgan fingerprint density at radius 3 is 2.67 bits per heavy atom. The summed E-state index contributed by atoms with van der Waals surface area (Å²) >= 11 is 0. The molecule has 1 unspecified atom stereocenters. The zero-order chi connectivity index (χ0) is 15.3. The standard InChI is InChI=1S/C14H20N2O4S/c15-14(17)9-20-13-5-3-11(4-6-13)8-16-12-2-1-7-21(18,19)10-12/h3-6,12,16H,1-2,7-10H2,(H2,15,17). The summed E-state index contributed by atoms with van der Waals surface area (Å²) in [5, 5.41) is 3.27. The average molecular weight is 312 g/mol. The van der Waals surface area contributed by atoms with Crippen LogP contribution in [0, 0.1) is 0 Å². The molecule has 1 aromatic rings. The first-order chi connectivity index (χ1) is 9.94. The molecule has 1 heterocycles. The van der Waals surface area contributed by atoms with Gasteiger partial charge in [0.25, 0.3) is 5.91 Å². The molecule has 0 spiro atoms. The topological polar surface area (TPSA) is 98.5 Å². The lowest BCUT2D eigenvalue weighted by molar-refractivity contribution is -0.119. The monoisotopic (exact) mass is 312 g/mol. The fraction of sp³-hybridized carbons (Fsp3) is 0.500. The van der Waals surface area contributed by atoms with Crippen LogP contribution in [-0.2, 0) is 21.2 Å². The summed E-state index contributed by atoms with van der Waals surface area (Å²) < 4.78 is 28.3. The Labute approximate surface area is 124 Å². The molecule has 1 aromatic carbocycles. The minimum absolute atomic E-state index is 0.0227. The molecular weight excluding hydrogens is 292 g/mol. The van der Waals surface area contributed by atoms with Crippen LogP contribution in [0.15, 0.2) is 24.3 Å². The van der Waals surface area contributed by atoms with Crippen molar-refractivity contribution >= 4 is 15.7 Å². The molecule has 1 atom stereocenters. The van der Waals surface area contributed by atoms with Crippen molar-refractivity contribution in [1.82, 2.24) is 5.32 Å². The van der Waals surface area contributed by atoms with Crippen LogP contribution < -0.4 is 15.8 Å². The van der Waals surface area contributed by atoms with Crippen molar-refractivity contribution in [2.45, 2.75) is 25.4 Å². The molecule has 6 nitrogen and oxygen atoms in total. The van der Waals surface area contributed by atoms with Gasteiger partial charge in [0.05, 0.1) is 11.5 Å². The molecular formula is C14H20N2O4S. The largest absolute Gasteiger partial charge is 0.484 e. The molecule has 1 aliphatic heterocycles. The maximum atomic E-state index is 11.5. The van der Waals surface area contributed by atoms with Gasteiger partial charge in [-0.25, -0.2) is 8.42 Å². The van der Waals surface area contributed by atoms with Crippen LogP contribution in [0.2, 0.25) is 0 Å². The maximum Gasteiger partial charge on any atom is 0.255 e. The number of carbonyl (C=O) groups excluding carboxylic acids is 1. The second-order valence-electron chi connectivity index (χ2n) is 5.23. The van der Waals surface area contributed by atoms with E-state index in [1.807, 2.05) is 12.1 Å². The van der Waals surface area contributed by atoms with Gasteiger partial charge >= 0.3 is 0 Å². The van der Waals surface area contributed by atoms with Gasteiger partial charge in [-0.05, 0) is 30.5 Å². The van der Waals surface area contributed by atoms with Crippen LogP contribution in [0.1, 0.15) is 18.4 Å². The molecule has 0 radical (unpaired) electrons. The summed E-state index contributed by atoms with van der Waals surface area (Å²) in [7, 11) is -2.88. The summed E-state index contributed by atoms with van der Waals surface area (Å²) in [5.41, 5.74) is 6.03. The number of ether oxygens (including phenoxy) is 1. The third kappa shape index (κ3) is 5.35. The molecule has 0 aromatic heterocycles. The molecule has 116 valence electrons. The van der Waals surface area contributed by atoms with Crippen molar-refractivity contribution in [3.8, 4) is 5.75 Å². The van der Waals surface area contributed by atoms with Crippen molar-refractivity contribution in [3.63, 3.8) is 0 Å². The van der Waals surface area contributed by atoms with Crippen molar-refractivity contribution in [1.29, 1.82) is 0 Å². The Kier molecular flexibility index (Phi) is 5.19. The Morgan fingerprint density at radius 1 is 1.33 bits per heavy atom. The molecule has 1 saturated heterocycles. The number of nitrogens with two attached hydrogens (primary N) is 1. The Balaban J connectivity index is 1.82. The number of hydrogen-bond donors (Lipinski definition) is 2. The number of primary amides is 1. The fourth-order valence-electron chi connectivity index (χ4n) is 2.30. The van der Waals surface area contributed by atoms with Crippen LogP contribution in [-0.4, -0.2) is 38.5 Å². The summed E-state index contributed by atoms with van der Waals surface area (Å²) in [5.74, 6) is 0.584. The van der Waals surface area contributed by atoms with E-state index in [1.165, 1.54) is 0 Å². The van der Waals surface area contributed by atoms with Gasteiger partial charge in [-0.15, -0.1) is 0 Å². The van der Waals surface area contributed by atoms with Gasteiger partial charge in [0.15, 0.2) is 16.4 Å². The predicted molar refractivity (Wildman–Crippen MR) is 79.6 cm³/mol. The molecule has 21 heavy (non-hydrogen) atoms. The van der Waals surface area contributed by atoms with E-state index in [4.69, 9.17) is 10.5 Å². The number of hydrogen-bond acceptors (Lipinski definition) is 5. The lowest BCUT2D eigenvalue weighted by Crippen LogP contribution is -2.39. The normalized spacial score (nSPS) is 20.9. The van der Waals surface area contributed by atoms with Crippen molar-refractivity contribution in [3.05, 3.63) is 29.8 Å². The molecule has 0 bridgehead atoms. The number of benzene rings is 1. The molecule has 0 aliphatic carbocycles. The Bertz CT molecular complexity index is 583. The van der Waals surface area contributed by atoms with Crippen molar-refractivity contribution < 1.29 is 17.9 Å². The van der Waals surface area contributed by atoms with Gasteiger partial charge in [0.1, 0.15) is 5.75 Å². The zero-order valence-electron chi connectivity index (χ0n) is 11.7. The third-order valence-corrected chi connectivity index (χ3v) is 5.18. The first-order valence-corrected chi connectivity index (χ1v) is 8.70. The first kappa shape index (κ1) is 15.8. The van der Waals surface area contributed by atoms with Crippen LogP contribution in [0.3, 0.4) is 0 Å². The van der Waals surface area contributed by atoms with Crippen LogP contribution in [0.4, 0.5) is 0 Å². The predicted octanol–water partition coefficient (Wildman–Crippen LogP) is 0.218. The van der Waals surface area contributed by atoms with Gasteiger partial charge in [0.2, 0.25) is 0 Å². The second-order valence-corrected chi connectivity index (χ2v) is 7.46. The van der Waals surface area contributed by atoms with Gasteiger partial charge < -0.3 is 15.8 Å². The van der Waals surface area contributed by atoms with E-state index >= 15 is 0 Å². The molecule has 1 amide bonds. The summed E-state index contributed by atoms with van der Waals surface area (Å²) in [6, 6.07) is 7.30. The summed E-state index contributed by atoms with van der Waals surface area (Å²) in [6.07, 6.45) is 1.61. The lowest BCUT2D eigenvalue weighted by Gasteiger charge is -2.23. The number of rotatable bonds is 6. The smallest absolute Gasteiger partial charge is 0.255 e. The maximum absolute atomic E-state index is 11.5. The SMILES string of the molecule is NC(=O)COc1ccc(CNC2CCCS(=O)(=O)C2)cc1. The highest BCUT2D eigenvalue weighted by Crippen LogP contribution is 2.15. The molecule has 0 saturated carbocycles. The van der Waals surface area contributed by atoms with E-state index in [0.29, 0.717) is 18.0 Å². The highest BCUT2D eigenvalue weighted by Gasteiger charge is 2.23. The van der Waals surface area contributed by atoms with E-state index in [2.05, 4.69) is 5.32 Å². The van der Waals surface area contributed by atoms with Gasteiger partial charge in [0, 0.05) is 12.6 Å². The van der Waals surface area contributed by atoms with Gasteiger partial charge in [-0.3, -0.25) is 4.79 Å². The van der Waals surface area contributed by atoms with Gasteiger partial charge in [-0.1, -0.05) is 12.1 Å². The lowest BCUT2D eigenvalue weighted by atomic mass is 10.1. The van der Waals surface area contributed by atoms with E-state index in [1.54, 1.807) is 12.1 Å².